The Balaban J connectivity index is 1.27. The molecule has 0 radical (unpaired) electrons. The van der Waals surface area contributed by atoms with Crippen molar-refractivity contribution < 1.29 is 4.79 Å². The van der Waals surface area contributed by atoms with E-state index in [1.54, 1.807) is 0 Å². The van der Waals surface area contributed by atoms with Crippen molar-refractivity contribution in [2.24, 2.45) is 11.8 Å². The Morgan fingerprint density at radius 3 is 2.41 bits per heavy atom. The zero-order valence-corrected chi connectivity index (χ0v) is 16.6. The molecule has 4 fully saturated rings. The highest BCUT2D eigenvalue weighted by molar-refractivity contribution is 5.95. The van der Waals surface area contributed by atoms with Crippen LogP contribution in [0.1, 0.15) is 64.2 Å². The first kappa shape index (κ1) is 17.7. The molecule has 2 heterocycles. The van der Waals surface area contributed by atoms with Crippen molar-refractivity contribution in [2.45, 2.75) is 75.8 Å². The molecule has 4 aliphatic rings. The fourth-order valence-corrected chi connectivity index (χ4v) is 6.67. The summed E-state index contributed by atoms with van der Waals surface area (Å²) >= 11 is 0. The number of likely N-dealkylation sites (tertiary alicyclic amines) is 1. The third kappa shape index (κ3) is 3.03. The Hall–Kier alpha value is -1.35. The van der Waals surface area contributed by atoms with Crippen molar-refractivity contribution in [1.82, 2.24) is 4.90 Å². The van der Waals surface area contributed by atoms with Gasteiger partial charge in [0.05, 0.1) is 0 Å². The van der Waals surface area contributed by atoms with Gasteiger partial charge < -0.3 is 4.90 Å². The molecule has 3 unspecified atom stereocenters. The number of fused-ring (bicyclic) bond motifs is 1. The zero-order valence-electron chi connectivity index (χ0n) is 16.6. The topological polar surface area (TPSA) is 23.6 Å². The molecular formula is C24H34N2O. The van der Waals surface area contributed by atoms with Gasteiger partial charge in [-0.05, 0) is 49.7 Å². The van der Waals surface area contributed by atoms with E-state index < -0.39 is 0 Å². The minimum Gasteiger partial charge on any atom is -0.358 e. The summed E-state index contributed by atoms with van der Waals surface area (Å²) < 4.78 is 0. The molecule has 2 aliphatic carbocycles. The van der Waals surface area contributed by atoms with E-state index in [0.717, 1.165) is 56.8 Å². The molecule has 3 heteroatoms. The van der Waals surface area contributed by atoms with Crippen LogP contribution >= 0.6 is 0 Å². The van der Waals surface area contributed by atoms with E-state index in [1.165, 1.54) is 50.6 Å². The number of piperidine rings is 1. The molecule has 1 spiro atoms. The lowest BCUT2D eigenvalue weighted by atomic mass is 9.63. The summed E-state index contributed by atoms with van der Waals surface area (Å²) in [5.74, 6) is 2.44. The van der Waals surface area contributed by atoms with Crippen LogP contribution in [0.4, 0.5) is 5.69 Å². The van der Waals surface area contributed by atoms with Crippen molar-refractivity contribution in [2.75, 3.05) is 24.5 Å². The highest BCUT2D eigenvalue weighted by Gasteiger charge is 2.52. The van der Waals surface area contributed by atoms with E-state index >= 15 is 0 Å². The summed E-state index contributed by atoms with van der Waals surface area (Å²) in [4.78, 5) is 18.1. The van der Waals surface area contributed by atoms with Crippen LogP contribution in [-0.4, -0.2) is 41.9 Å². The Morgan fingerprint density at radius 1 is 0.889 bits per heavy atom. The number of anilines is 1. The molecule has 1 aromatic rings. The number of nitrogens with zero attached hydrogens (tertiary/aromatic N) is 2. The lowest BCUT2D eigenvalue weighted by molar-refractivity contribution is -0.124. The first-order chi connectivity index (χ1) is 13.3. The van der Waals surface area contributed by atoms with Crippen molar-refractivity contribution in [3.05, 3.63) is 30.3 Å². The summed E-state index contributed by atoms with van der Waals surface area (Å²) in [5.41, 5.74) is 1.02. The minimum absolute atomic E-state index is 0.220. The summed E-state index contributed by atoms with van der Waals surface area (Å²) in [6, 6.07) is 11.4. The van der Waals surface area contributed by atoms with E-state index in [4.69, 9.17) is 0 Å². The van der Waals surface area contributed by atoms with Crippen molar-refractivity contribution in [3.8, 4) is 0 Å². The average Bonchev–Trinajstić information content (AvgIpc) is 2.99. The van der Waals surface area contributed by atoms with Crippen molar-refractivity contribution in [3.63, 3.8) is 0 Å². The maximum Gasteiger partial charge on any atom is 0.160 e. The zero-order chi connectivity index (χ0) is 18.3. The van der Waals surface area contributed by atoms with Crippen LogP contribution in [0.2, 0.25) is 0 Å². The Kier molecular flexibility index (Phi) is 4.75. The van der Waals surface area contributed by atoms with Gasteiger partial charge in [0.25, 0.3) is 0 Å². The van der Waals surface area contributed by atoms with Gasteiger partial charge >= 0.3 is 0 Å². The second kappa shape index (κ2) is 7.24. The molecule has 146 valence electrons. The van der Waals surface area contributed by atoms with Gasteiger partial charge in [-0.2, -0.15) is 0 Å². The van der Waals surface area contributed by atoms with Crippen LogP contribution in [-0.2, 0) is 4.79 Å². The summed E-state index contributed by atoms with van der Waals surface area (Å²) in [5, 5.41) is 0. The maximum atomic E-state index is 12.9. The molecule has 2 saturated carbocycles. The number of para-hydroxylation sites is 1. The highest BCUT2D eigenvalue weighted by atomic mass is 16.1. The first-order valence-corrected chi connectivity index (χ1v) is 11.4. The Labute approximate surface area is 164 Å². The third-order valence-electron chi connectivity index (χ3n) is 8.27. The van der Waals surface area contributed by atoms with Gasteiger partial charge in [-0.15, -0.1) is 0 Å². The number of hydrogen-bond donors (Lipinski definition) is 0. The lowest BCUT2D eigenvalue weighted by Gasteiger charge is -2.55. The highest BCUT2D eigenvalue weighted by Crippen LogP contribution is 2.48. The molecule has 0 bridgehead atoms. The predicted molar refractivity (Wildman–Crippen MR) is 110 cm³/mol. The van der Waals surface area contributed by atoms with Crippen LogP contribution in [0.25, 0.3) is 0 Å². The first-order valence-electron chi connectivity index (χ1n) is 11.4. The van der Waals surface area contributed by atoms with E-state index in [9.17, 15) is 4.79 Å². The number of Topliss-reactive ketones (excluding diaryl/α,β-unsaturated/α-hetero) is 1. The number of carbonyl (C=O) groups is 1. The van der Waals surface area contributed by atoms with E-state index in [0.29, 0.717) is 5.78 Å². The summed E-state index contributed by atoms with van der Waals surface area (Å²) in [6.45, 7) is 3.13. The molecule has 5 rings (SSSR count). The SMILES string of the molecule is O=C1CCN(c2ccccc2)C12CCN(C1CC3CCCCCCC31)CC2. The number of ketones is 1. The third-order valence-corrected chi connectivity index (χ3v) is 8.27. The summed E-state index contributed by atoms with van der Waals surface area (Å²) in [6.07, 6.45) is 12.9. The summed E-state index contributed by atoms with van der Waals surface area (Å²) in [7, 11) is 0. The fraction of sp³-hybridized carbons (Fsp3) is 0.708. The van der Waals surface area contributed by atoms with Crippen LogP contribution in [0.3, 0.4) is 0 Å². The molecule has 2 saturated heterocycles. The van der Waals surface area contributed by atoms with Gasteiger partial charge in [-0.1, -0.05) is 50.3 Å². The molecule has 0 amide bonds. The number of rotatable bonds is 2. The monoisotopic (exact) mass is 366 g/mol. The minimum atomic E-state index is -0.220. The van der Waals surface area contributed by atoms with Crippen molar-refractivity contribution >= 4 is 11.5 Å². The number of carbonyl (C=O) groups excluding carboxylic acids is 1. The van der Waals surface area contributed by atoms with Gasteiger partial charge in [0.2, 0.25) is 0 Å². The predicted octanol–water partition coefficient (Wildman–Crippen LogP) is 4.66. The van der Waals surface area contributed by atoms with Crippen LogP contribution in [0.5, 0.6) is 0 Å². The second-order valence-corrected chi connectivity index (χ2v) is 9.45. The molecule has 3 nitrogen and oxygen atoms in total. The van der Waals surface area contributed by atoms with Crippen LogP contribution < -0.4 is 4.90 Å². The molecule has 0 aromatic heterocycles. The van der Waals surface area contributed by atoms with Gasteiger partial charge in [0.15, 0.2) is 5.78 Å². The molecule has 0 N–H and O–H groups in total. The maximum absolute atomic E-state index is 12.9. The number of benzene rings is 1. The average molecular weight is 367 g/mol. The van der Waals surface area contributed by atoms with Gasteiger partial charge in [0, 0.05) is 37.8 Å². The van der Waals surface area contributed by atoms with Crippen LogP contribution in [0.15, 0.2) is 30.3 Å². The smallest absolute Gasteiger partial charge is 0.160 e. The van der Waals surface area contributed by atoms with Crippen molar-refractivity contribution in [1.29, 1.82) is 0 Å². The normalized spacial score (nSPS) is 34.0. The Bertz CT molecular complexity index is 664. The lowest BCUT2D eigenvalue weighted by Crippen LogP contribution is -2.61. The van der Waals surface area contributed by atoms with Gasteiger partial charge in [-0.25, -0.2) is 0 Å². The largest absolute Gasteiger partial charge is 0.358 e. The standard InChI is InChI=1S/C24H34N2O/c27-23-12-15-26(20-9-5-3-6-10-20)24(23)13-16-25(17-14-24)22-18-19-8-4-1-2-7-11-21(19)22/h3,5-6,9-10,19,21-22H,1-2,4,7-8,11-18H2. The fourth-order valence-electron chi connectivity index (χ4n) is 6.67. The quantitative estimate of drug-likeness (QED) is 0.760. The Morgan fingerprint density at radius 2 is 1.63 bits per heavy atom. The van der Waals surface area contributed by atoms with E-state index in [1.807, 2.05) is 0 Å². The molecule has 27 heavy (non-hydrogen) atoms. The molecule has 3 atom stereocenters. The van der Waals surface area contributed by atoms with Crippen LogP contribution in [0, 0.1) is 11.8 Å². The van der Waals surface area contributed by atoms with Gasteiger partial charge in [-0.3, -0.25) is 9.69 Å². The van der Waals surface area contributed by atoms with E-state index in [-0.39, 0.29) is 5.54 Å². The molecule has 1 aromatic carbocycles. The van der Waals surface area contributed by atoms with Gasteiger partial charge in [0.1, 0.15) is 5.54 Å². The van der Waals surface area contributed by atoms with E-state index in [2.05, 4.69) is 40.1 Å². The molecular weight excluding hydrogens is 332 g/mol. The molecule has 2 aliphatic heterocycles. The second-order valence-electron chi connectivity index (χ2n) is 9.45. The number of hydrogen-bond acceptors (Lipinski definition) is 3.